The van der Waals surface area contributed by atoms with Gasteiger partial charge >= 0.3 is 0 Å². The molecule has 1 rings (SSSR count). The summed E-state index contributed by atoms with van der Waals surface area (Å²) >= 11 is 3.05. The molecule has 0 bridgehead atoms. The fourth-order valence-electron chi connectivity index (χ4n) is 1.86. The van der Waals surface area contributed by atoms with E-state index in [1.54, 1.807) is 0 Å². The molecule has 0 saturated heterocycles. The minimum atomic E-state index is -0.870. The van der Waals surface area contributed by atoms with Crippen molar-refractivity contribution >= 4 is 21.6 Å². The number of aromatic hydroxyl groups is 1. The van der Waals surface area contributed by atoms with Gasteiger partial charge in [-0.2, -0.15) is 0 Å². The standard InChI is InChI=1S/C13H19BrN2O4/c1-7(2)3-4-11(17)12(15)9-5-8(16(19)20)6-10(14)13(9)18/h5-7,11-12,17-18H,3-4,15H2,1-2H3/t11-,12+/m1/s1. The highest BCUT2D eigenvalue weighted by atomic mass is 79.9. The number of benzene rings is 1. The van der Waals surface area contributed by atoms with Crippen molar-refractivity contribution in [2.75, 3.05) is 0 Å². The van der Waals surface area contributed by atoms with Gasteiger partial charge in [-0.05, 0) is 34.7 Å². The Morgan fingerprint density at radius 3 is 2.50 bits per heavy atom. The first-order valence-electron chi connectivity index (χ1n) is 6.34. The minimum absolute atomic E-state index is 0.169. The molecule has 112 valence electrons. The maximum Gasteiger partial charge on any atom is 0.271 e. The molecule has 0 fully saturated rings. The molecule has 0 aliphatic carbocycles. The Balaban J connectivity index is 3.02. The Hall–Kier alpha value is -1.18. The highest BCUT2D eigenvalue weighted by molar-refractivity contribution is 9.10. The number of aliphatic hydroxyl groups is 1. The van der Waals surface area contributed by atoms with Crippen molar-refractivity contribution in [1.82, 2.24) is 0 Å². The van der Waals surface area contributed by atoms with E-state index >= 15 is 0 Å². The number of rotatable bonds is 6. The summed E-state index contributed by atoms with van der Waals surface area (Å²) in [6.07, 6.45) is 0.391. The van der Waals surface area contributed by atoms with E-state index in [1.165, 1.54) is 12.1 Å². The third-order valence-corrected chi connectivity index (χ3v) is 3.71. The highest BCUT2D eigenvalue weighted by Crippen LogP contribution is 2.36. The molecule has 0 radical (unpaired) electrons. The summed E-state index contributed by atoms with van der Waals surface area (Å²) < 4.78 is 0.188. The molecule has 0 unspecified atom stereocenters. The summed E-state index contributed by atoms with van der Waals surface area (Å²) in [7, 11) is 0. The molecular formula is C13H19BrN2O4. The highest BCUT2D eigenvalue weighted by Gasteiger charge is 2.24. The SMILES string of the molecule is CC(C)CC[C@@H](O)[C@@H](N)c1cc([N+](=O)[O-])cc(Br)c1O. The van der Waals surface area contributed by atoms with Crippen LogP contribution in [0.15, 0.2) is 16.6 Å². The lowest BCUT2D eigenvalue weighted by atomic mass is 9.95. The Kier molecular flexibility index (Phi) is 5.91. The van der Waals surface area contributed by atoms with Crippen molar-refractivity contribution in [2.45, 2.75) is 38.8 Å². The van der Waals surface area contributed by atoms with Crippen LogP contribution >= 0.6 is 15.9 Å². The molecule has 6 nitrogen and oxygen atoms in total. The van der Waals surface area contributed by atoms with Gasteiger partial charge in [-0.1, -0.05) is 13.8 Å². The van der Waals surface area contributed by atoms with Crippen LogP contribution in [0.5, 0.6) is 5.75 Å². The number of hydrogen-bond acceptors (Lipinski definition) is 5. The Morgan fingerprint density at radius 1 is 1.40 bits per heavy atom. The van der Waals surface area contributed by atoms with Crippen molar-refractivity contribution in [1.29, 1.82) is 0 Å². The molecule has 1 aromatic rings. The molecule has 0 amide bonds. The number of nitro benzene ring substituents is 1. The average molecular weight is 347 g/mol. The molecule has 2 atom stereocenters. The molecule has 4 N–H and O–H groups in total. The molecule has 0 heterocycles. The number of nitrogens with zero attached hydrogens (tertiary/aromatic N) is 1. The molecule has 0 aliphatic heterocycles. The zero-order chi connectivity index (χ0) is 15.4. The Morgan fingerprint density at radius 2 is 2.00 bits per heavy atom. The largest absolute Gasteiger partial charge is 0.506 e. The van der Waals surface area contributed by atoms with Gasteiger partial charge in [-0.15, -0.1) is 0 Å². The lowest BCUT2D eigenvalue weighted by Crippen LogP contribution is -2.26. The van der Waals surface area contributed by atoms with Crippen LogP contribution in [-0.2, 0) is 0 Å². The number of aliphatic hydroxyl groups excluding tert-OH is 1. The molecule has 7 heteroatoms. The number of halogens is 1. The predicted octanol–water partition coefficient (Wildman–Crippen LogP) is 2.86. The van der Waals surface area contributed by atoms with E-state index in [9.17, 15) is 20.3 Å². The van der Waals surface area contributed by atoms with Crippen LogP contribution in [0.25, 0.3) is 0 Å². The first-order valence-corrected chi connectivity index (χ1v) is 7.13. The van der Waals surface area contributed by atoms with Crippen molar-refractivity contribution in [3.8, 4) is 5.75 Å². The summed E-state index contributed by atoms with van der Waals surface area (Å²) in [5, 5.41) is 30.8. The zero-order valence-corrected chi connectivity index (χ0v) is 13.0. The summed E-state index contributed by atoms with van der Waals surface area (Å²) in [6.45, 7) is 4.05. The van der Waals surface area contributed by atoms with Gasteiger partial charge in [0.05, 0.1) is 21.5 Å². The molecule has 0 spiro atoms. The summed E-state index contributed by atoms with van der Waals surface area (Å²) in [5.41, 5.74) is 5.89. The number of nitrogens with two attached hydrogens (primary N) is 1. The van der Waals surface area contributed by atoms with Crippen LogP contribution in [-0.4, -0.2) is 21.2 Å². The van der Waals surface area contributed by atoms with Gasteiger partial charge in [0.15, 0.2) is 0 Å². The van der Waals surface area contributed by atoms with Gasteiger partial charge in [0.25, 0.3) is 5.69 Å². The second-order valence-electron chi connectivity index (χ2n) is 5.19. The van der Waals surface area contributed by atoms with E-state index in [-0.39, 0.29) is 21.5 Å². The van der Waals surface area contributed by atoms with E-state index < -0.39 is 17.1 Å². The fraction of sp³-hybridized carbons (Fsp3) is 0.538. The zero-order valence-electron chi connectivity index (χ0n) is 11.4. The smallest absolute Gasteiger partial charge is 0.271 e. The normalized spacial score (nSPS) is 14.3. The molecule has 20 heavy (non-hydrogen) atoms. The van der Waals surface area contributed by atoms with E-state index in [0.717, 1.165) is 6.42 Å². The lowest BCUT2D eigenvalue weighted by molar-refractivity contribution is -0.385. The molecule has 0 aromatic heterocycles. The molecule has 0 aliphatic rings. The second-order valence-corrected chi connectivity index (χ2v) is 6.04. The molecule has 0 saturated carbocycles. The summed E-state index contributed by atoms with van der Waals surface area (Å²) in [4.78, 5) is 10.3. The maximum atomic E-state index is 10.8. The monoisotopic (exact) mass is 346 g/mol. The number of nitro groups is 1. The van der Waals surface area contributed by atoms with Gasteiger partial charge in [0.1, 0.15) is 5.75 Å². The first-order chi connectivity index (χ1) is 9.23. The van der Waals surface area contributed by atoms with Crippen LogP contribution in [0.3, 0.4) is 0 Å². The van der Waals surface area contributed by atoms with Gasteiger partial charge < -0.3 is 15.9 Å². The van der Waals surface area contributed by atoms with Crippen LogP contribution in [0, 0.1) is 16.0 Å². The fourth-order valence-corrected chi connectivity index (χ4v) is 2.32. The van der Waals surface area contributed by atoms with Crippen molar-refractivity contribution in [2.24, 2.45) is 11.7 Å². The quantitative estimate of drug-likeness (QED) is 0.541. The lowest BCUT2D eigenvalue weighted by Gasteiger charge is -2.21. The Bertz CT molecular complexity index is 494. The summed E-state index contributed by atoms with van der Waals surface area (Å²) in [6, 6.07) is 1.53. The van der Waals surface area contributed by atoms with E-state index in [0.29, 0.717) is 12.3 Å². The third-order valence-electron chi connectivity index (χ3n) is 3.10. The third kappa shape index (κ3) is 4.16. The van der Waals surface area contributed by atoms with Crippen LogP contribution in [0.2, 0.25) is 0 Å². The molecular weight excluding hydrogens is 328 g/mol. The molecule has 1 aromatic carbocycles. The number of hydrogen-bond donors (Lipinski definition) is 3. The topological polar surface area (TPSA) is 110 Å². The number of phenols is 1. The van der Waals surface area contributed by atoms with Gasteiger partial charge in [0, 0.05) is 17.7 Å². The van der Waals surface area contributed by atoms with Gasteiger partial charge in [-0.25, -0.2) is 0 Å². The number of non-ortho nitro benzene ring substituents is 1. The average Bonchev–Trinajstić information content (AvgIpc) is 2.37. The Labute approximate surface area is 125 Å². The van der Waals surface area contributed by atoms with Gasteiger partial charge in [0.2, 0.25) is 0 Å². The van der Waals surface area contributed by atoms with Crippen molar-refractivity contribution in [3.05, 3.63) is 32.3 Å². The number of phenolic OH excluding ortho intramolecular Hbond substituents is 1. The van der Waals surface area contributed by atoms with E-state index in [4.69, 9.17) is 5.73 Å². The van der Waals surface area contributed by atoms with Crippen molar-refractivity contribution in [3.63, 3.8) is 0 Å². The van der Waals surface area contributed by atoms with Crippen LogP contribution < -0.4 is 5.73 Å². The second kappa shape index (κ2) is 7.01. The van der Waals surface area contributed by atoms with Gasteiger partial charge in [-0.3, -0.25) is 10.1 Å². The van der Waals surface area contributed by atoms with Crippen molar-refractivity contribution < 1.29 is 15.1 Å². The van der Waals surface area contributed by atoms with Crippen LogP contribution in [0.1, 0.15) is 38.3 Å². The minimum Gasteiger partial charge on any atom is -0.506 e. The van der Waals surface area contributed by atoms with E-state index in [1.807, 2.05) is 13.8 Å². The van der Waals surface area contributed by atoms with Crippen LogP contribution in [0.4, 0.5) is 5.69 Å². The maximum absolute atomic E-state index is 10.8. The first kappa shape index (κ1) is 16.9. The predicted molar refractivity (Wildman–Crippen MR) is 79.5 cm³/mol. The summed E-state index contributed by atoms with van der Waals surface area (Å²) in [5.74, 6) is 0.244. The van der Waals surface area contributed by atoms with E-state index in [2.05, 4.69) is 15.9 Å².